The molecule has 0 bridgehead atoms. The smallest absolute Gasteiger partial charge is 0.100 e. The van der Waals surface area contributed by atoms with Gasteiger partial charge in [-0.3, -0.25) is 0 Å². The normalized spacial score (nSPS) is 12.1. The van der Waals surface area contributed by atoms with E-state index in [1.807, 2.05) is 29.6 Å². The van der Waals surface area contributed by atoms with Crippen LogP contribution in [0.5, 0.6) is 0 Å². The van der Waals surface area contributed by atoms with Gasteiger partial charge in [-0.2, -0.15) is 5.26 Å². The third kappa shape index (κ3) is 3.20. The average Bonchev–Trinajstić information content (AvgIpc) is 2.84. The number of rotatable bonds is 4. The zero-order valence-corrected chi connectivity index (χ0v) is 12.4. The number of halogens is 1. The van der Waals surface area contributed by atoms with Gasteiger partial charge in [0, 0.05) is 27.3 Å². The summed E-state index contributed by atoms with van der Waals surface area (Å²) in [6.07, 6.45) is 0. The molecule has 1 unspecified atom stereocenters. The highest BCUT2D eigenvalue weighted by Crippen LogP contribution is 2.23. The number of hydrogen-bond acceptors (Lipinski definition) is 3. The first-order valence-corrected chi connectivity index (χ1v) is 7.33. The Morgan fingerprint density at radius 3 is 2.89 bits per heavy atom. The highest BCUT2D eigenvalue weighted by molar-refractivity contribution is 9.10. The van der Waals surface area contributed by atoms with Crippen LogP contribution in [0, 0.1) is 11.3 Å². The number of hydrogen-bond donors (Lipinski definition) is 1. The molecule has 0 aliphatic heterocycles. The number of thiophene rings is 1. The molecule has 0 saturated heterocycles. The molecule has 92 valence electrons. The summed E-state index contributed by atoms with van der Waals surface area (Å²) in [6.45, 7) is 2.92. The van der Waals surface area contributed by atoms with Gasteiger partial charge in [0.1, 0.15) is 6.07 Å². The van der Waals surface area contributed by atoms with Crippen LogP contribution in [0.2, 0.25) is 0 Å². The Morgan fingerprint density at radius 1 is 1.44 bits per heavy atom. The summed E-state index contributed by atoms with van der Waals surface area (Å²) < 4.78 is 1.12. The summed E-state index contributed by atoms with van der Waals surface area (Å²) >= 11 is 5.18. The van der Waals surface area contributed by atoms with E-state index in [0.717, 1.165) is 16.6 Å². The van der Waals surface area contributed by atoms with Crippen LogP contribution in [0.25, 0.3) is 0 Å². The Hall–Kier alpha value is -1.15. The van der Waals surface area contributed by atoms with E-state index >= 15 is 0 Å². The second-order valence-corrected chi connectivity index (χ2v) is 5.89. The predicted octanol–water partition coefficient (Wildman–Crippen LogP) is 4.23. The van der Waals surface area contributed by atoms with Crippen molar-refractivity contribution in [2.45, 2.75) is 19.5 Å². The fourth-order valence-corrected chi connectivity index (χ4v) is 3.11. The Bertz CT molecular complexity index is 571. The SMILES string of the molecule is CC(NCc1cc(C#N)cs1)c1ccccc1Br. The lowest BCUT2D eigenvalue weighted by atomic mass is 10.1. The van der Waals surface area contributed by atoms with Crippen molar-refractivity contribution >= 4 is 27.3 Å². The van der Waals surface area contributed by atoms with Gasteiger partial charge in [0.15, 0.2) is 0 Å². The van der Waals surface area contributed by atoms with E-state index in [1.54, 1.807) is 11.3 Å². The summed E-state index contributed by atoms with van der Waals surface area (Å²) in [5, 5.41) is 14.1. The minimum Gasteiger partial charge on any atom is -0.305 e. The first kappa shape index (κ1) is 13.3. The lowest BCUT2D eigenvalue weighted by Crippen LogP contribution is -2.17. The largest absolute Gasteiger partial charge is 0.305 e. The van der Waals surface area contributed by atoms with Gasteiger partial charge in [0.25, 0.3) is 0 Å². The second kappa shape index (κ2) is 6.14. The third-order valence-corrected chi connectivity index (χ3v) is 4.40. The first-order chi connectivity index (χ1) is 8.70. The van der Waals surface area contributed by atoms with Gasteiger partial charge in [-0.25, -0.2) is 0 Å². The van der Waals surface area contributed by atoms with Crippen LogP contribution in [-0.2, 0) is 6.54 Å². The summed E-state index contributed by atoms with van der Waals surface area (Å²) in [5.74, 6) is 0. The Labute approximate surface area is 119 Å². The molecule has 1 aromatic carbocycles. The van der Waals surface area contributed by atoms with Gasteiger partial charge in [-0.05, 0) is 24.6 Å². The monoisotopic (exact) mass is 320 g/mol. The average molecular weight is 321 g/mol. The fraction of sp³-hybridized carbons (Fsp3) is 0.214. The van der Waals surface area contributed by atoms with E-state index in [0.29, 0.717) is 0 Å². The lowest BCUT2D eigenvalue weighted by molar-refractivity contribution is 0.577. The van der Waals surface area contributed by atoms with Crippen LogP contribution in [0.15, 0.2) is 40.2 Å². The molecule has 0 aliphatic carbocycles. The summed E-state index contributed by atoms with van der Waals surface area (Å²) in [7, 11) is 0. The van der Waals surface area contributed by atoms with E-state index < -0.39 is 0 Å². The maximum absolute atomic E-state index is 8.77. The molecule has 2 aromatic rings. The molecule has 4 heteroatoms. The highest BCUT2D eigenvalue weighted by Gasteiger charge is 2.08. The molecule has 0 aliphatic rings. The van der Waals surface area contributed by atoms with Crippen molar-refractivity contribution < 1.29 is 0 Å². The molecule has 1 aromatic heterocycles. The van der Waals surface area contributed by atoms with Crippen molar-refractivity contribution in [1.82, 2.24) is 5.32 Å². The molecule has 18 heavy (non-hydrogen) atoms. The third-order valence-electron chi connectivity index (χ3n) is 2.74. The lowest BCUT2D eigenvalue weighted by Gasteiger charge is -2.15. The standard InChI is InChI=1S/C14H13BrN2S/c1-10(13-4-2-3-5-14(13)15)17-8-12-6-11(7-16)9-18-12/h2-6,9-10,17H,8H2,1H3. The summed E-state index contributed by atoms with van der Waals surface area (Å²) in [5.41, 5.74) is 1.99. The van der Waals surface area contributed by atoms with Gasteiger partial charge in [0.05, 0.1) is 5.56 Å². The van der Waals surface area contributed by atoms with Crippen LogP contribution in [0.3, 0.4) is 0 Å². The van der Waals surface area contributed by atoms with Crippen LogP contribution in [0.4, 0.5) is 0 Å². The number of benzene rings is 1. The van der Waals surface area contributed by atoms with Crippen molar-refractivity contribution in [2.24, 2.45) is 0 Å². The van der Waals surface area contributed by atoms with Crippen molar-refractivity contribution in [3.63, 3.8) is 0 Å². The van der Waals surface area contributed by atoms with Gasteiger partial charge in [-0.1, -0.05) is 34.1 Å². The van der Waals surface area contributed by atoms with Crippen LogP contribution in [-0.4, -0.2) is 0 Å². The van der Waals surface area contributed by atoms with Crippen molar-refractivity contribution in [1.29, 1.82) is 5.26 Å². The Kier molecular flexibility index (Phi) is 4.54. The number of nitrogens with zero attached hydrogens (tertiary/aromatic N) is 1. The Balaban J connectivity index is 1.98. The van der Waals surface area contributed by atoms with E-state index in [4.69, 9.17) is 5.26 Å². The molecule has 0 amide bonds. The van der Waals surface area contributed by atoms with E-state index in [-0.39, 0.29) is 6.04 Å². The molecule has 1 N–H and O–H groups in total. The van der Waals surface area contributed by atoms with Gasteiger partial charge in [-0.15, -0.1) is 11.3 Å². The molecule has 0 fully saturated rings. The quantitative estimate of drug-likeness (QED) is 0.914. The molecular weight excluding hydrogens is 308 g/mol. The fourth-order valence-electron chi connectivity index (χ4n) is 1.72. The van der Waals surface area contributed by atoms with Gasteiger partial charge in [0.2, 0.25) is 0 Å². The topological polar surface area (TPSA) is 35.8 Å². The van der Waals surface area contributed by atoms with E-state index in [2.05, 4.69) is 40.3 Å². The molecule has 2 nitrogen and oxygen atoms in total. The van der Waals surface area contributed by atoms with Crippen LogP contribution >= 0.6 is 27.3 Å². The first-order valence-electron chi connectivity index (χ1n) is 5.66. The molecule has 0 radical (unpaired) electrons. The zero-order valence-electron chi connectivity index (χ0n) is 9.98. The van der Waals surface area contributed by atoms with Crippen LogP contribution in [0.1, 0.15) is 29.0 Å². The van der Waals surface area contributed by atoms with E-state index in [1.165, 1.54) is 10.4 Å². The summed E-state index contributed by atoms with van der Waals surface area (Å²) in [6, 6.07) is 12.6. The Morgan fingerprint density at radius 2 is 2.22 bits per heavy atom. The van der Waals surface area contributed by atoms with Crippen molar-refractivity contribution in [2.75, 3.05) is 0 Å². The maximum Gasteiger partial charge on any atom is 0.100 e. The molecule has 0 spiro atoms. The molecule has 1 heterocycles. The minimum atomic E-state index is 0.271. The molecule has 2 rings (SSSR count). The predicted molar refractivity (Wildman–Crippen MR) is 78.4 cm³/mol. The highest BCUT2D eigenvalue weighted by atomic mass is 79.9. The minimum absolute atomic E-state index is 0.271. The van der Waals surface area contributed by atoms with Gasteiger partial charge < -0.3 is 5.32 Å². The maximum atomic E-state index is 8.77. The molecular formula is C14H13BrN2S. The molecule has 0 saturated carbocycles. The number of nitriles is 1. The molecule has 1 atom stereocenters. The van der Waals surface area contributed by atoms with E-state index in [9.17, 15) is 0 Å². The summed E-state index contributed by atoms with van der Waals surface area (Å²) in [4.78, 5) is 1.19. The van der Waals surface area contributed by atoms with Crippen molar-refractivity contribution in [3.05, 3.63) is 56.2 Å². The van der Waals surface area contributed by atoms with Crippen molar-refractivity contribution in [3.8, 4) is 6.07 Å². The van der Waals surface area contributed by atoms with Gasteiger partial charge >= 0.3 is 0 Å². The zero-order chi connectivity index (χ0) is 13.0. The number of nitrogens with one attached hydrogen (secondary N) is 1. The van der Waals surface area contributed by atoms with Crippen LogP contribution < -0.4 is 5.32 Å². The second-order valence-electron chi connectivity index (χ2n) is 4.04.